The predicted molar refractivity (Wildman–Crippen MR) is 64.8 cm³/mol. The Balaban J connectivity index is 3.10. The highest BCUT2D eigenvalue weighted by Gasteiger charge is 2.25. The molecule has 9 heteroatoms. The van der Waals surface area contributed by atoms with Crippen LogP contribution in [0.1, 0.15) is 27.7 Å². The summed E-state index contributed by atoms with van der Waals surface area (Å²) in [5.41, 5.74) is -0.862. The molecule has 0 spiro atoms. The Hall–Kier alpha value is -2.19. The second-order valence-corrected chi connectivity index (χ2v) is 4.60. The van der Waals surface area contributed by atoms with Crippen molar-refractivity contribution in [3.05, 3.63) is 10.5 Å². The van der Waals surface area contributed by atoms with Crippen LogP contribution in [0.15, 0.2) is 4.79 Å². The zero-order valence-corrected chi connectivity index (χ0v) is 11.3. The van der Waals surface area contributed by atoms with Crippen molar-refractivity contribution >= 4 is 12.0 Å². The summed E-state index contributed by atoms with van der Waals surface area (Å²) in [5.74, 6) is -1.23. The van der Waals surface area contributed by atoms with Crippen LogP contribution in [0.5, 0.6) is 0 Å². The molecule has 1 aromatic heterocycles. The Labute approximate surface area is 109 Å². The SMILES string of the molecule is CC(C)N(C(=O)n1nnn(CC(=O)O)c1=O)C(C)C. The minimum atomic E-state index is -1.23. The number of carbonyl (C=O) groups excluding carboxylic acids is 1. The monoisotopic (exact) mass is 271 g/mol. The normalized spacial score (nSPS) is 11.1. The van der Waals surface area contributed by atoms with E-state index < -0.39 is 24.2 Å². The standard InChI is InChI=1S/C10H17N5O4/c1-6(2)14(7(3)4)10(19)15-9(18)13(11-12-15)5-8(16)17/h6-7H,5H2,1-4H3,(H,16,17). The number of nitrogens with zero attached hydrogens (tertiary/aromatic N) is 5. The van der Waals surface area contributed by atoms with Crippen LogP contribution >= 0.6 is 0 Å². The second kappa shape index (κ2) is 5.63. The average Bonchev–Trinajstić information content (AvgIpc) is 2.58. The summed E-state index contributed by atoms with van der Waals surface area (Å²) in [7, 11) is 0. The van der Waals surface area contributed by atoms with Crippen molar-refractivity contribution in [3.63, 3.8) is 0 Å². The summed E-state index contributed by atoms with van der Waals surface area (Å²) in [5, 5.41) is 15.4. The van der Waals surface area contributed by atoms with Crippen molar-refractivity contribution in [2.75, 3.05) is 0 Å². The molecule has 1 heterocycles. The van der Waals surface area contributed by atoms with E-state index in [9.17, 15) is 14.4 Å². The Morgan fingerprint density at radius 3 is 2.16 bits per heavy atom. The molecular weight excluding hydrogens is 254 g/mol. The third-order valence-electron chi connectivity index (χ3n) is 2.44. The number of aromatic nitrogens is 4. The van der Waals surface area contributed by atoms with Gasteiger partial charge < -0.3 is 10.0 Å². The van der Waals surface area contributed by atoms with Crippen LogP contribution in [-0.4, -0.2) is 53.9 Å². The molecule has 0 unspecified atom stereocenters. The van der Waals surface area contributed by atoms with E-state index in [1.807, 2.05) is 27.7 Å². The molecule has 1 rings (SSSR count). The summed E-state index contributed by atoms with van der Waals surface area (Å²) >= 11 is 0. The Bertz CT molecular complexity index is 522. The fourth-order valence-corrected chi connectivity index (χ4v) is 1.77. The van der Waals surface area contributed by atoms with Crippen molar-refractivity contribution < 1.29 is 14.7 Å². The topological polar surface area (TPSA) is 110 Å². The number of carboxylic acids is 1. The fraction of sp³-hybridized carbons (Fsp3) is 0.700. The number of tetrazole rings is 1. The molecule has 0 saturated heterocycles. The summed E-state index contributed by atoms with van der Waals surface area (Å²) < 4.78 is 1.20. The minimum absolute atomic E-state index is 0.121. The van der Waals surface area contributed by atoms with Crippen molar-refractivity contribution in [1.29, 1.82) is 0 Å². The Morgan fingerprint density at radius 1 is 1.21 bits per heavy atom. The molecule has 0 radical (unpaired) electrons. The van der Waals surface area contributed by atoms with Gasteiger partial charge in [0.1, 0.15) is 6.54 Å². The molecule has 1 N–H and O–H groups in total. The van der Waals surface area contributed by atoms with E-state index in [2.05, 4.69) is 10.4 Å². The molecule has 0 aliphatic rings. The lowest BCUT2D eigenvalue weighted by atomic mass is 10.2. The van der Waals surface area contributed by atoms with Crippen LogP contribution in [-0.2, 0) is 11.3 Å². The van der Waals surface area contributed by atoms with Gasteiger partial charge in [-0.3, -0.25) is 4.79 Å². The van der Waals surface area contributed by atoms with E-state index in [-0.39, 0.29) is 12.1 Å². The van der Waals surface area contributed by atoms with Crippen LogP contribution in [0.4, 0.5) is 4.79 Å². The van der Waals surface area contributed by atoms with Crippen molar-refractivity contribution in [2.45, 2.75) is 46.3 Å². The maximum Gasteiger partial charge on any atom is 0.373 e. The number of rotatable bonds is 4. The van der Waals surface area contributed by atoms with E-state index in [0.29, 0.717) is 9.36 Å². The summed E-state index contributed by atoms with van der Waals surface area (Å²) in [6.45, 7) is 6.61. The number of hydrogen-bond acceptors (Lipinski definition) is 5. The van der Waals surface area contributed by atoms with E-state index in [0.717, 1.165) is 0 Å². The zero-order chi connectivity index (χ0) is 14.7. The maximum atomic E-state index is 12.2. The van der Waals surface area contributed by atoms with Gasteiger partial charge in [0.25, 0.3) is 0 Å². The molecule has 1 aromatic rings. The minimum Gasteiger partial charge on any atom is -0.480 e. The van der Waals surface area contributed by atoms with E-state index in [1.54, 1.807) is 0 Å². The van der Waals surface area contributed by atoms with Crippen molar-refractivity contribution in [2.24, 2.45) is 0 Å². The lowest BCUT2D eigenvalue weighted by molar-refractivity contribution is -0.138. The number of amides is 1. The van der Waals surface area contributed by atoms with Crippen LogP contribution in [0.3, 0.4) is 0 Å². The van der Waals surface area contributed by atoms with Gasteiger partial charge in [-0.05, 0) is 38.1 Å². The molecule has 9 nitrogen and oxygen atoms in total. The summed E-state index contributed by atoms with van der Waals surface area (Å²) in [4.78, 5) is 35.9. The zero-order valence-electron chi connectivity index (χ0n) is 11.3. The number of hydrogen-bond donors (Lipinski definition) is 1. The lowest BCUT2D eigenvalue weighted by Crippen LogP contribution is -2.48. The molecule has 0 atom stereocenters. The van der Waals surface area contributed by atoms with E-state index >= 15 is 0 Å². The third-order valence-corrected chi connectivity index (χ3v) is 2.44. The summed E-state index contributed by atoms with van der Waals surface area (Å²) in [6.07, 6.45) is 0. The van der Waals surface area contributed by atoms with Crippen LogP contribution < -0.4 is 5.69 Å². The largest absolute Gasteiger partial charge is 0.480 e. The van der Waals surface area contributed by atoms with Gasteiger partial charge in [-0.15, -0.1) is 4.68 Å². The van der Waals surface area contributed by atoms with Crippen LogP contribution in [0, 0.1) is 0 Å². The van der Waals surface area contributed by atoms with Crippen LogP contribution in [0.2, 0.25) is 0 Å². The van der Waals surface area contributed by atoms with Crippen LogP contribution in [0.25, 0.3) is 0 Å². The Kier molecular flexibility index (Phi) is 4.41. The van der Waals surface area contributed by atoms with E-state index in [1.165, 1.54) is 4.90 Å². The van der Waals surface area contributed by atoms with Crippen molar-refractivity contribution in [1.82, 2.24) is 24.7 Å². The fourth-order valence-electron chi connectivity index (χ4n) is 1.77. The quantitative estimate of drug-likeness (QED) is 0.747. The number of carbonyl (C=O) groups is 2. The van der Waals surface area contributed by atoms with Gasteiger partial charge in [0, 0.05) is 12.1 Å². The summed E-state index contributed by atoms with van der Waals surface area (Å²) in [6, 6.07) is -0.861. The van der Waals surface area contributed by atoms with Crippen molar-refractivity contribution in [3.8, 4) is 0 Å². The lowest BCUT2D eigenvalue weighted by Gasteiger charge is -2.29. The van der Waals surface area contributed by atoms with E-state index in [4.69, 9.17) is 5.11 Å². The molecule has 0 fully saturated rings. The van der Waals surface area contributed by atoms with Gasteiger partial charge in [-0.2, -0.15) is 4.68 Å². The van der Waals surface area contributed by atoms with Gasteiger partial charge in [-0.1, -0.05) is 0 Å². The highest BCUT2D eigenvalue weighted by atomic mass is 16.4. The average molecular weight is 271 g/mol. The number of aliphatic carboxylic acids is 1. The third kappa shape index (κ3) is 3.18. The number of carboxylic acid groups (broad SMARTS) is 1. The molecule has 0 aliphatic heterocycles. The molecule has 106 valence electrons. The molecule has 0 aliphatic carbocycles. The van der Waals surface area contributed by atoms with Gasteiger partial charge in [0.05, 0.1) is 0 Å². The van der Waals surface area contributed by atoms with Gasteiger partial charge in [-0.25, -0.2) is 9.59 Å². The second-order valence-electron chi connectivity index (χ2n) is 4.60. The smallest absolute Gasteiger partial charge is 0.373 e. The molecule has 0 bridgehead atoms. The van der Waals surface area contributed by atoms with Gasteiger partial charge in [0.15, 0.2) is 0 Å². The first-order valence-electron chi connectivity index (χ1n) is 5.83. The Morgan fingerprint density at radius 2 is 1.74 bits per heavy atom. The predicted octanol–water partition coefficient (Wildman–Crippen LogP) is -0.389. The molecule has 19 heavy (non-hydrogen) atoms. The molecule has 0 saturated carbocycles. The first kappa shape index (κ1) is 14.9. The van der Waals surface area contributed by atoms with Gasteiger partial charge >= 0.3 is 17.7 Å². The first-order valence-corrected chi connectivity index (χ1v) is 5.83. The molecule has 1 amide bonds. The maximum absolute atomic E-state index is 12.2. The molecular formula is C10H17N5O4. The highest BCUT2D eigenvalue weighted by Crippen LogP contribution is 2.06. The highest BCUT2D eigenvalue weighted by molar-refractivity contribution is 5.76. The molecule has 0 aromatic carbocycles. The van der Waals surface area contributed by atoms with Gasteiger partial charge in [0.2, 0.25) is 0 Å². The first-order chi connectivity index (χ1) is 8.75.